The number of hydrogen-bond acceptors (Lipinski definition) is 3. The standard InChI is InChI=1S/C14H11NO5S.2ClH/c16-13(17)10-6-11(14(18)19)8-15(7-10)12(21-20)9-4-2-1-3-5-9;;/h1-5,7-8H,6H2,(H,16,17)(H,18,19);2*1H. The van der Waals surface area contributed by atoms with E-state index in [2.05, 4.69) is 0 Å². The van der Waals surface area contributed by atoms with Gasteiger partial charge in [0.05, 0.1) is 11.1 Å². The Bertz CT molecular complexity index is 681. The van der Waals surface area contributed by atoms with Crippen molar-refractivity contribution in [2.45, 2.75) is 6.42 Å². The van der Waals surface area contributed by atoms with Crippen LogP contribution in [0.3, 0.4) is 0 Å². The van der Waals surface area contributed by atoms with Crippen molar-refractivity contribution in [3.63, 3.8) is 0 Å². The number of nitrogens with zero attached hydrogens (tertiary/aromatic N) is 1. The highest BCUT2D eigenvalue weighted by molar-refractivity contribution is 7.66. The van der Waals surface area contributed by atoms with Crippen LogP contribution >= 0.6 is 24.8 Å². The van der Waals surface area contributed by atoms with Gasteiger partial charge in [-0.1, -0.05) is 30.3 Å². The molecule has 1 aliphatic heterocycles. The Morgan fingerprint density at radius 3 is 1.83 bits per heavy atom. The second-order valence-corrected chi connectivity index (χ2v) is 4.81. The van der Waals surface area contributed by atoms with E-state index in [1.807, 2.05) is 0 Å². The monoisotopic (exact) mass is 377 g/mol. The summed E-state index contributed by atoms with van der Waals surface area (Å²) in [5.41, 5.74) is 0.413. The van der Waals surface area contributed by atoms with Crippen LogP contribution in [-0.4, -0.2) is 36.2 Å². The maximum atomic E-state index is 11.4. The van der Waals surface area contributed by atoms with Gasteiger partial charge in [-0.3, -0.25) is 0 Å². The number of carboxylic acid groups (broad SMARTS) is 2. The molecule has 9 heteroatoms. The van der Waals surface area contributed by atoms with Crippen LogP contribution in [-0.2, 0) is 20.8 Å². The number of aliphatic carboxylic acids is 2. The molecule has 0 radical (unpaired) electrons. The molecule has 23 heavy (non-hydrogen) atoms. The molecule has 0 unspecified atom stereocenters. The predicted octanol–water partition coefficient (Wildman–Crippen LogP) is 1.86. The smallest absolute Gasteiger partial charge is 0.333 e. The molecule has 0 amide bonds. The van der Waals surface area contributed by atoms with E-state index in [1.165, 1.54) is 17.3 Å². The zero-order valence-electron chi connectivity index (χ0n) is 11.5. The van der Waals surface area contributed by atoms with Crippen LogP contribution in [0.4, 0.5) is 0 Å². The summed E-state index contributed by atoms with van der Waals surface area (Å²) in [4.78, 5) is 23.7. The van der Waals surface area contributed by atoms with E-state index in [0.29, 0.717) is 5.56 Å². The Hall–Kier alpha value is -2.09. The summed E-state index contributed by atoms with van der Waals surface area (Å²) >= 11 is 0.175. The number of carbonyl (C=O) groups is 2. The normalized spacial score (nSPS) is 12.8. The van der Waals surface area contributed by atoms with Gasteiger partial charge < -0.3 is 15.1 Å². The minimum Gasteiger partial charge on any atom is -0.478 e. The molecule has 0 aromatic heterocycles. The average molecular weight is 378 g/mol. The first-order valence-corrected chi connectivity index (χ1v) is 6.65. The van der Waals surface area contributed by atoms with E-state index >= 15 is 0 Å². The summed E-state index contributed by atoms with van der Waals surface area (Å²) in [6, 6.07) is 8.64. The first-order valence-electron chi connectivity index (χ1n) is 5.91. The molecular weight excluding hydrogens is 365 g/mol. The minimum absolute atomic E-state index is 0. The molecule has 2 rings (SSSR count). The van der Waals surface area contributed by atoms with E-state index in [1.54, 1.807) is 30.3 Å². The lowest BCUT2D eigenvalue weighted by molar-refractivity contribution is -0.133. The maximum absolute atomic E-state index is 11.4. The van der Waals surface area contributed by atoms with Gasteiger partial charge in [0.1, 0.15) is 16.2 Å². The van der Waals surface area contributed by atoms with Crippen molar-refractivity contribution in [3.8, 4) is 0 Å². The quantitative estimate of drug-likeness (QED) is 0.780. The second-order valence-electron chi connectivity index (χ2n) is 4.26. The molecule has 1 aromatic rings. The largest absolute Gasteiger partial charge is 0.478 e. The fraction of sp³-hybridized carbons (Fsp3) is 0.0714. The Kier molecular flexibility index (Phi) is 8.31. The molecule has 0 saturated heterocycles. The van der Waals surface area contributed by atoms with Crippen molar-refractivity contribution in [2.75, 3.05) is 0 Å². The molecule has 1 heterocycles. The summed E-state index contributed by atoms with van der Waals surface area (Å²) in [6.07, 6.45) is 2.34. The fourth-order valence-corrected chi connectivity index (χ4v) is 2.29. The highest BCUT2D eigenvalue weighted by Crippen LogP contribution is 2.21. The zero-order valence-corrected chi connectivity index (χ0v) is 14.0. The molecule has 6 nitrogen and oxygen atoms in total. The van der Waals surface area contributed by atoms with E-state index < -0.39 is 11.9 Å². The zero-order chi connectivity index (χ0) is 15.4. The number of hydrogen-bond donors (Lipinski definition) is 2. The Morgan fingerprint density at radius 2 is 1.43 bits per heavy atom. The number of carboxylic acids is 2. The van der Waals surface area contributed by atoms with Gasteiger partial charge in [0.25, 0.3) is 0 Å². The molecule has 0 aliphatic carbocycles. The van der Waals surface area contributed by atoms with E-state index in [4.69, 9.17) is 10.2 Å². The number of halogens is 2. The SMILES string of the molecule is Cl.Cl.O=S=C(c1ccccc1)N1C=C(C(=O)O)CC(C(=O)O)=C1. The predicted molar refractivity (Wildman–Crippen MR) is 91.1 cm³/mol. The van der Waals surface area contributed by atoms with Gasteiger partial charge in [0, 0.05) is 24.4 Å². The summed E-state index contributed by atoms with van der Waals surface area (Å²) < 4.78 is 11.4. The summed E-state index contributed by atoms with van der Waals surface area (Å²) in [6.45, 7) is 0. The van der Waals surface area contributed by atoms with E-state index in [0.717, 1.165) is 0 Å². The number of benzene rings is 1. The van der Waals surface area contributed by atoms with Crippen LogP contribution in [0, 0.1) is 0 Å². The molecule has 0 spiro atoms. The van der Waals surface area contributed by atoms with Gasteiger partial charge in [-0.25, -0.2) is 13.8 Å². The molecule has 0 fully saturated rings. The summed E-state index contributed by atoms with van der Waals surface area (Å²) in [5.74, 6) is -2.43. The van der Waals surface area contributed by atoms with Gasteiger partial charge >= 0.3 is 11.9 Å². The lowest BCUT2D eigenvalue weighted by Crippen LogP contribution is -2.27. The molecule has 124 valence electrons. The highest BCUT2D eigenvalue weighted by atomic mass is 35.5. The maximum Gasteiger partial charge on any atom is 0.333 e. The first kappa shape index (κ1) is 20.9. The van der Waals surface area contributed by atoms with Crippen molar-refractivity contribution in [3.05, 3.63) is 59.4 Å². The minimum atomic E-state index is -1.21. The third-order valence-corrected chi connectivity index (χ3v) is 3.46. The van der Waals surface area contributed by atoms with Gasteiger partial charge in [0.15, 0.2) is 0 Å². The van der Waals surface area contributed by atoms with Gasteiger partial charge in [0.2, 0.25) is 0 Å². The molecule has 0 saturated carbocycles. The van der Waals surface area contributed by atoms with Crippen molar-refractivity contribution < 1.29 is 24.0 Å². The summed E-state index contributed by atoms with van der Waals surface area (Å²) in [5, 5.41) is 18.1. The second kappa shape index (κ2) is 9.14. The third-order valence-electron chi connectivity index (χ3n) is 2.85. The van der Waals surface area contributed by atoms with Crippen LogP contribution < -0.4 is 0 Å². The molecule has 0 bridgehead atoms. The highest BCUT2D eigenvalue weighted by Gasteiger charge is 2.23. The molecule has 1 aliphatic rings. The molecule has 2 N–H and O–H groups in total. The van der Waals surface area contributed by atoms with Gasteiger partial charge in [-0.05, 0) is 0 Å². The Balaban J connectivity index is 0.00000242. The molecule has 1 aromatic carbocycles. The van der Waals surface area contributed by atoms with E-state index in [9.17, 15) is 13.8 Å². The third kappa shape index (κ3) is 4.95. The lowest BCUT2D eigenvalue weighted by Gasteiger charge is -2.22. The van der Waals surface area contributed by atoms with Crippen molar-refractivity contribution in [1.29, 1.82) is 0 Å². The first-order chi connectivity index (χ1) is 10.0. The van der Waals surface area contributed by atoms with Crippen LogP contribution in [0.25, 0.3) is 0 Å². The molecule has 0 atom stereocenters. The van der Waals surface area contributed by atoms with Crippen LogP contribution in [0.15, 0.2) is 53.9 Å². The fourth-order valence-electron chi connectivity index (χ4n) is 1.87. The number of rotatable bonds is 3. The van der Waals surface area contributed by atoms with Gasteiger partial charge in [-0.15, -0.1) is 24.8 Å². The Morgan fingerprint density at radius 1 is 0.957 bits per heavy atom. The van der Waals surface area contributed by atoms with Crippen LogP contribution in [0.2, 0.25) is 0 Å². The Labute approximate surface area is 148 Å². The van der Waals surface area contributed by atoms with Gasteiger partial charge in [-0.2, -0.15) is 0 Å². The van der Waals surface area contributed by atoms with Crippen molar-refractivity contribution in [1.82, 2.24) is 4.90 Å². The van der Waals surface area contributed by atoms with Crippen LogP contribution in [0.1, 0.15) is 12.0 Å². The lowest BCUT2D eigenvalue weighted by atomic mass is 10.0. The molecular formula is C14H13Cl2NO5S. The average Bonchev–Trinajstić information content (AvgIpc) is 2.48. The van der Waals surface area contributed by atoms with E-state index in [-0.39, 0.29) is 58.6 Å². The van der Waals surface area contributed by atoms with Crippen LogP contribution in [0.5, 0.6) is 0 Å². The van der Waals surface area contributed by atoms with Crippen molar-refractivity contribution >= 4 is 53.0 Å². The topological polar surface area (TPSA) is 94.9 Å². The summed E-state index contributed by atoms with van der Waals surface area (Å²) in [7, 11) is 0. The van der Waals surface area contributed by atoms with Crippen molar-refractivity contribution in [2.24, 2.45) is 0 Å².